The summed E-state index contributed by atoms with van der Waals surface area (Å²) < 4.78 is 13.2. The largest absolute Gasteiger partial charge is 0.393 e. The van der Waals surface area contributed by atoms with Crippen molar-refractivity contribution in [3.63, 3.8) is 0 Å². The Bertz CT molecular complexity index is 367. The van der Waals surface area contributed by atoms with E-state index in [1.807, 2.05) is 6.07 Å². The van der Waals surface area contributed by atoms with Gasteiger partial charge in [0.15, 0.2) is 0 Å². The highest BCUT2D eigenvalue weighted by Crippen LogP contribution is 2.28. The maximum absolute atomic E-state index is 13.2. The molecule has 1 aromatic carbocycles. The smallest absolute Gasteiger partial charge is 0.142 e. The minimum atomic E-state index is -0.371. The third kappa shape index (κ3) is 2.74. The van der Waals surface area contributed by atoms with Crippen LogP contribution in [-0.4, -0.2) is 11.2 Å². The third-order valence-corrected chi connectivity index (χ3v) is 3.66. The van der Waals surface area contributed by atoms with E-state index in [2.05, 4.69) is 0 Å². The molecule has 2 atom stereocenters. The van der Waals surface area contributed by atoms with Gasteiger partial charge in [-0.2, -0.15) is 0 Å². The van der Waals surface area contributed by atoms with Gasteiger partial charge in [0.05, 0.1) is 11.1 Å². The summed E-state index contributed by atoms with van der Waals surface area (Å²) in [5.74, 6) is -0.0983. The third-order valence-electron chi connectivity index (χ3n) is 3.35. The molecule has 2 unspecified atom stereocenters. The van der Waals surface area contributed by atoms with Gasteiger partial charge in [-0.25, -0.2) is 4.39 Å². The number of rotatable bonds is 2. The van der Waals surface area contributed by atoms with E-state index >= 15 is 0 Å². The Morgan fingerprint density at radius 1 is 1.31 bits per heavy atom. The SMILES string of the molecule is OC1CCCCC1Cc1ccc(Cl)c(F)c1. The molecule has 0 radical (unpaired) electrons. The van der Waals surface area contributed by atoms with Gasteiger partial charge in [-0.05, 0) is 42.9 Å². The van der Waals surface area contributed by atoms with Crippen LogP contribution in [0.15, 0.2) is 18.2 Å². The van der Waals surface area contributed by atoms with Gasteiger partial charge in [-0.15, -0.1) is 0 Å². The maximum Gasteiger partial charge on any atom is 0.142 e. The molecule has 0 saturated heterocycles. The molecular formula is C13H16ClFO. The Labute approximate surface area is 100 Å². The van der Waals surface area contributed by atoms with E-state index in [4.69, 9.17) is 11.6 Å². The molecule has 16 heavy (non-hydrogen) atoms. The van der Waals surface area contributed by atoms with Crippen LogP contribution in [0.5, 0.6) is 0 Å². The fraction of sp³-hybridized carbons (Fsp3) is 0.538. The van der Waals surface area contributed by atoms with Crippen molar-refractivity contribution in [3.8, 4) is 0 Å². The molecule has 3 heteroatoms. The molecule has 1 aromatic rings. The Balaban J connectivity index is 2.05. The predicted octanol–water partition coefficient (Wildman–Crippen LogP) is 3.57. The van der Waals surface area contributed by atoms with Gasteiger partial charge >= 0.3 is 0 Å². The lowest BCUT2D eigenvalue weighted by Gasteiger charge is -2.27. The summed E-state index contributed by atoms with van der Waals surface area (Å²) in [5, 5.41) is 9.99. The first-order valence-corrected chi connectivity index (χ1v) is 6.16. The van der Waals surface area contributed by atoms with Gasteiger partial charge in [0.25, 0.3) is 0 Å². The first kappa shape index (κ1) is 11.9. The topological polar surface area (TPSA) is 20.2 Å². The summed E-state index contributed by atoms with van der Waals surface area (Å²) in [4.78, 5) is 0. The van der Waals surface area contributed by atoms with E-state index < -0.39 is 0 Å². The minimum Gasteiger partial charge on any atom is -0.393 e. The summed E-state index contributed by atoms with van der Waals surface area (Å²) >= 11 is 5.63. The zero-order chi connectivity index (χ0) is 11.5. The van der Waals surface area contributed by atoms with Gasteiger partial charge in [-0.1, -0.05) is 30.5 Å². The van der Waals surface area contributed by atoms with Crippen LogP contribution in [0, 0.1) is 11.7 Å². The average Bonchev–Trinajstić information content (AvgIpc) is 2.27. The van der Waals surface area contributed by atoms with Crippen LogP contribution in [0.1, 0.15) is 31.2 Å². The van der Waals surface area contributed by atoms with Gasteiger partial charge in [0.1, 0.15) is 5.82 Å². The maximum atomic E-state index is 13.2. The number of benzene rings is 1. The van der Waals surface area contributed by atoms with Gasteiger partial charge in [0.2, 0.25) is 0 Å². The number of hydrogen-bond donors (Lipinski definition) is 1. The molecule has 88 valence electrons. The van der Waals surface area contributed by atoms with Crippen LogP contribution >= 0.6 is 11.6 Å². The van der Waals surface area contributed by atoms with Crippen molar-refractivity contribution in [3.05, 3.63) is 34.6 Å². The predicted molar refractivity (Wildman–Crippen MR) is 63.1 cm³/mol. The number of halogens is 2. The lowest BCUT2D eigenvalue weighted by molar-refractivity contribution is 0.0700. The molecule has 1 N–H and O–H groups in total. The second-order valence-corrected chi connectivity index (χ2v) is 4.97. The molecule has 0 heterocycles. The van der Waals surface area contributed by atoms with E-state index in [0.717, 1.165) is 37.7 Å². The van der Waals surface area contributed by atoms with Crippen molar-refractivity contribution in [2.75, 3.05) is 0 Å². The Hall–Kier alpha value is -0.600. The second kappa shape index (κ2) is 5.15. The summed E-state index contributed by atoms with van der Waals surface area (Å²) in [5.41, 5.74) is 0.924. The van der Waals surface area contributed by atoms with Gasteiger partial charge in [-0.3, -0.25) is 0 Å². The minimum absolute atomic E-state index is 0.160. The Morgan fingerprint density at radius 3 is 2.75 bits per heavy atom. The fourth-order valence-electron chi connectivity index (χ4n) is 2.40. The van der Waals surface area contributed by atoms with Crippen LogP contribution in [0.3, 0.4) is 0 Å². The summed E-state index contributed by atoms with van der Waals surface area (Å²) in [6.45, 7) is 0. The van der Waals surface area contributed by atoms with Crippen molar-refractivity contribution in [1.29, 1.82) is 0 Å². The fourth-order valence-corrected chi connectivity index (χ4v) is 2.51. The second-order valence-electron chi connectivity index (χ2n) is 4.56. The average molecular weight is 243 g/mol. The van der Waals surface area contributed by atoms with Crippen LogP contribution < -0.4 is 0 Å². The van der Waals surface area contributed by atoms with Crippen molar-refractivity contribution in [1.82, 2.24) is 0 Å². The summed E-state index contributed by atoms with van der Waals surface area (Å²) in [6, 6.07) is 4.90. The first-order chi connectivity index (χ1) is 7.66. The van der Waals surface area contributed by atoms with Crippen LogP contribution in [0.2, 0.25) is 5.02 Å². The van der Waals surface area contributed by atoms with E-state index in [1.165, 1.54) is 6.07 Å². The summed E-state index contributed by atoms with van der Waals surface area (Å²) in [7, 11) is 0. The van der Waals surface area contributed by atoms with Crippen molar-refractivity contribution in [2.45, 2.75) is 38.2 Å². The number of hydrogen-bond acceptors (Lipinski definition) is 1. The highest BCUT2D eigenvalue weighted by molar-refractivity contribution is 6.30. The zero-order valence-electron chi connectivity index (χ0n) is 9.13. The molecule has 1 aliphatic rings. The van der Waals surface area contributed by atoms with E-state index in [9.17, 15) is 9.50 Å². The van der Waals surface area contributed by atoms with Gasteiger partial charge < -0.3 is 5.11 Å². The Morgan fingerprint density at radius 2 is 2.06 bits per heavy atom. The standard InChI is InChI=1S/C13H16ClFO/c14-11-6-5-9(8-12(11)15)7-10-3-1-2-4-13(10)16/h5-6,8,10,13,16H,1-4,7H2. The molecule has 0 aromatic heterocycles. The highest BCUT2D eigenvalue weighted by atomic mass is 35.5. The molecule has 0 aliphatic heterocycles. The molecule has 1 aliphatic carbocycles. The first-order valence-electron chi connectivity index (χ1n) is 5.79. The van der Waals surface area contributed by atoms with E-state index in [0.29, 0.717) is 0 Å². The molecule has 1 fully saturated rings. The van der Waals surface area contributed by atoms with E-state index in [1.54, 1.807) is 6.07 Å². The van der Waals surface area contributed by atoms with Crippen LogP contribution in [-0.2, 0) is 6.42 Å². The van der Waals surface area contributed by atoms with E-state index in [-0.39, 0.29) is 22.9 Å². The van der Waals surface area contributed by atoms with Crippen molar-refractivity contribution < 1.29 is 9.50 Å². The normalized spacial score (nSPS) is 25.7. The molecule has 0 bridgehead atoms. The number of aliphatic hydroxyl groups excluding tert-OH is 1. The summed E-state index contributed by atoms with van der Waals surface area (Å²) in [6.07, 6.45) is 4.69. The molecule has 0 amide bonds. The lowest BCUT2D eigenvalue weighted by atomic mass is 9.82. The van der Waals surface area contributed by atoms with Crippen LogP contribution in [0.25, 0.3) is 0 Å². The van der Waals surface area contributed by atoms with Crippen LogP contribution in [0.4, 0.5) is 4.39 Å². The zero-order valence-corrected chi connectivity index (χ0v) is 9.88. The van der Waals surface area contributed by atoms with Gasteiger partial charge in [0, 0.05) is 0 Å². The molecular weight excluding hydrogens is 227 g/mol. The molecule has 1 saturated carbocycles. The molecule has 0 spiro atoms. The monoisotopic (exact) mass is 242 g/mol. The van der Waals surface area contributed by atoms with Crippen molar-refractivity contribution >= 4 is 11.6 Å². The lowest BCUT2D eigenvalue weighted by Crippen LogP contribution is -2.26. The molecule has 2 rings (SSSR count). The highest BCUT2D eigenvalue weighted by Gasteiger charge is 2.23. The number of aliphatic hydroxyl groups is 1. The quantitative estimate of drug-likeness (QED) is 0.841. The Kier molecular flexibility index (Phi) is 3.82. The van der Waals surface area contributed by atoms with Crippen molar-refractivity contribution in [2.24, 2.45) is 5.92 Å². The molecule has 1 nitrogen and oxygen atoms in total.